The van der Waals surface area contributed by atoms with Crippen molar-refractivity contribution in [3.8, 4) is 0 Å². The maximum absolute atomic E-state index is 8.74. The van der Waals surface area contributed by atoms with Crippen LogP contribution in [0.25, 0.3) is 0 Å². The molecule has 21 heavy (non-hydrogen) atoms. The Balaban J connectivity index is 0. The molecule has 0 saturated carbocycles. The SMILES string of the molecule is CCCCCCCCCCCC[N+](C)(C)C.O=S(=O)(O)O. The predicted molar refractivity (Wildman–Crippen MR) is 88.9 cm³/mol. The molecule has 0 unspecified atom stereocenters. The maximum atomic E-state index is 8.74. The van der Waals surface area contributed by atoms with Crippen molar-refractivity contribution in [3.05, 3.63) is 0 Å². The molecule has 0 aromatic rings. The van der Waals surface area contributed by atoms with Gasteiger partial charge in [0.05, 0.1) is 27.7 Å². The van der Waals surface area contributed by atoms with Crippen LogP contribution >= 0.6 is 0 Å². The standard InChI is InChI=1S/C15H34N.H2O4S/c1-5-6-7-8-9-10-11-12-13-14-15-16(2,3)4;1-5(2,3)4/h5-15H2,1-4H3;(H2,1,2,3,4)/q+1;. The zero-order valence-corrected chi connectivity index (χ0v) is 15.2. The van der Waals surface area contributed by atoms with Crippen molar-refractivity contribution in [3.63, 3.8) is 0 Å². The van der Waals surface area contributed by atoms with Gasteiger partial charge in [-0.3, -0.25) is 9.11 Å². The second kappa shape index (κ2) is 13.5. The van der Waals surface area contributed by atoms with Gasteiger partial charge in [0.15, 0.2) is 0 Å². The Hall–Kier alpha value is -0.170. The van der Waals surface area contributed by atoms with Gasteiger partial charge in [0, 0.05) is 0 Å². The summed E-state index contributed by atoms with van der Waals surface area (Å²) in [7, 11) is 2.19. The highest BCUT2D eigenvalue weighted by atomic mass is 32.3. The second-order valence-electron chi connectivity index (χ2n) is 6.64. The molecule has 6 heteroatoms. The lowest BCUT2D eigenvalue weighted by Crippen LogP contribution is -2.35. The summed E-state index contributed by atoms with van der Waals surface area (Å²) in [6.45, 7) is 3.62. The fourth-order valence-corrected chi connectivity index (χ4v) is 2.07. The smallest absolute Gasteiger partial charge is 0.331 e. The first-order chi connectivity index (χ1) is 9.56. The Morgan fingerprint density at radius 3 is 1.29 bits per heavy atom. The topological polar surface area (TPSA) is 74.6 Å². The number of unbranched alkanes of at least 4 members (excludes halogenated alkanes) is 9. The van der Waals surface area contributed by atoms with E-state index in [9.17, 15) is 0 Å². The number of nitrogens with zero attached hydrogens (tertiary/aromatic N) is 1. The zero-order chi connectivity index (χ0) is 16.8. The van der Waals surface area contributed by atoms with Crippen LogP contribution in [0.3, 0.4) is 0 Å². The van der Waals surface area contributed by atoms with Crippen LogP contribution in [0.15, 0.2) is 0 Å². The molecule has 0 aliphatic carbocycles. The van der Waals surface area contributed by atoms with Crippen LogP contribution < -0.4 is 0 Å². The summed E-state index contributed by atoms with van der Waals surface area (Å²) in [6, 6.07) is 0. The van der Waals surface area contributed by atoms with E-state index in [0.29, 0.717) is 0 Å². The van der Waals surface area contributed by atoms with Gasteiger partial charge < -0.3 is 4.48 Å². The van der Waals surface area contributed by atoms with E-state index in [1.807, 2.05) is 0 Å². The molecule has 0 rings (SSSR count). The molecule has 0 heterocycles. The van der Waals surface area contributed by atoms with Crippen molar-refractivity contribution in [1.82, 2.24) is 0 Å². The van der Waals surface area contributed by atoms with Gasteiger partial charge in [-0.05, 0) is 12.8 Å². The lowest BCUT2D eigenvalue weighted by Gasteiger charge is -2.23. The molecule has 5 nitrogen and oxygen atoms in total. The van der Waals surface area contributed by atoms with Crippen molar-refractivity contribution in [1.29, 1.82) is 0 Å². The highest BCUT2D eigenvalue weighted by Gasteiger charge is 2.04. The molecular formula is C15H36NO4S+. The van der Waals surface area contributed by atoms with Crippen molar-refractivity contribution in [2.75, 3.05) is 27.7 Å². The molecule has 0 atom stereocenters. The number of hydrogen-bond donors (Lipinski definition) is 2. The maximum Gasteiger partial charge on any atom is 0.394 e. The van der Waals surface area contributed by atoms with Crippen LogP contribution in [0.1, 0.15) is 71.1 Å². The van der Waals surface area contributed by atoms with Crippen LogP contribution in [0.5, 0.6) is 0 Å². The highest BCUT2D eigenvalue weighted by molar-refractivity contribution is 7.79. The summed E-state index contributed by atoms with van der Waals surface area (Å²) >= 11 is 0. The lowest BCUT2D eigenvalue weighted by molar-refractivity contribution is -0.870. The van der Waals surface area contributed by atoms with E-state index in [4.69, 9.17) is 17.5 Å². The molecule has 0 fully saturated rings. The van der Waals surface area contributed by atoms with Crippen LogP contribution in [0, 0.1) is 0 Å². The summed E-state index contributed by atoms with van der Waals surface area (Å²) in [4.78, 5) is 0. The van der Waals surface area contributed by atoms with E-state index in [1.165, 1.54) is 70.8 Å². The van der Waals surface area contributed by atoms with Gasteiger partial charge in [0.1, 0.15) is 0 Å². The van der Waals surface area contributed by atoms with E-state index in [-0.39, 0.29) is 0 Å². The first-order valence-corrected chi connectivity index (χ1v) is 9.46. The van der Waals surface area contributed by atoms with Crippen molar-refractivity contribution < 1.29 is 22.0 Å². The Morgan fingerprint density at radius 1 is 0.714 bits per heavy atom. The average molecular weight is 327 g/mol. The first-order valence-electron chi connectivity index (χ1n) is 8.06. The zero-order valence-electron chi connectivity index (χ0n) is 14.3. The highest BCUT2D eigenvalue weighted by Crippen LogP contribution is 2.10. The Labute approximate surface area is 131 Å². The Bertz CT molecular complexity index is 302. The molecule has 0 saturated heterocycles. The van der Waals surface area contributed by atoms with Gasteiger partial charge in [-0.25, -0.2) is 0 Å². The minimum atomic E-state index is -4.67. The third-order valence-corrected chi connectivity index (χ3v) is 3.18. The third kappa shape index (κ3) is 38.3. The van der Waals surface area contributed by atoms with E-state index in [0.717, 1.165) is 4.48 Å². The molecule has 0 aromatic carbocycles. The summed E-state index contributed by atoms with van der Waals surface area (Å²) in [6.07, 6.45) is 14.4. The number of hydrogen-bond acceptors (Lipinski definition) is 2. The average Bonchev–Trinajstić information content (AvgIpc) is 2.28. The van der Waals surface area contributed by atoms with Gasteiger partial charge >= 0.3 is 10.4 Å². The first kappa shape index (κ1) is 23.1. The van der Waals surface area contributed by atoms with E-state index < -0.39 is 10.4 Å². The van der Waals surface area contributed by atoms with Crippen molar-refractivity contribution in [2.45, 2.75) is 71.1 Å². The Kier molecular flexibility index (Phi) is 14.8. The largest absolute Gasteiger partial charge is 0.394 e. The molecule has 0 spiro atoms. The molecule has 0 aromatic heterocycles. The summed E-state index contributed by atoms with van der Waals surface area (Å²) in [5, 5.41) is 0. The van der Waals surface area contributed by atoms with Gasteiger partial charge in [0.2, 0.25) is 0 Å². The van der Waals surface area contributed by atoms with E-state index >= 15 is 0 Å². The molecular weight excluding hydrogens is 290 g/mol. The quantitative estimate of drug-likeness (QED) is 0.342. The molecule has 0 bridgehead atoms. The number of quaternary nitrogens is 1. The van der Waals surface area contributed by atoms with Gasteiger partial charge in [-0.1, -0.05) is 58.3 Å². The summed E-state index contributed by atoms with van der Waals surface area (Å²) in [5.74, 6) is 0. The molecule has 0 amide bonds. The number of rotatable bonds is 11. The fraction of sp³-hybridized carbons (Fsp3) is 1.00. The second-order valence-corrected chi connectivity index (χ2v) is 7.54. The van der Waals surface area contributed by atoms with Crippen molar-refractivity contribution in [2.24, 2.45) is 0 Å². The van der Waals surface area contributed by atoms with Crippen LogP contribution in [-0.2, 0) is 10.4 Å². The lowest BCUT2D eigenvalue weighted by atomic mass is 10.1. The van der Waals surface area contributed by atoms with Gasteiger partial charge in [-0.15, -0.1) is 0 Å². The minimum absolute atomic E-state index is 1.12. The molecule has 130 valence electrons. The summed E-state index contributed by atoms with van der Waals surface area (Å²) in [5.41, 5.74) is 0. The summed E-state index contributed by atoms with van der Waals surface area (Å²) < 4.78 is 32.7. The minimum Gasteiger partial charge on any atom is -0.331 e. The van der Waals surface area contributed by atoms with Gasteiger partial charge in [-0.2, -0.15) is 8.42 Å². The van der Waals surface area contributed by atoms with Crippen molar-refractivity contribution >= 4 is 10.4 Å². The van der Waals surface area contributed by atoms with Crippen LogP contribution in [0.2, 0.25) is 0 Å². The van der Waals surface area contributed by atoms with E-state index in [1.54, 1.807) is 0 Å². The molecule has 0 aliphatic heterocycles. The van der Waals surface area contributed by atoms with Crippen LogP contribution in [-0.4, -0.2) is 49.7 Å². The van der Waals surface area contributed by atoms with Gasteiger partial charge in [0.25, 0.3) is 0 Å². The monoisotopic (exact) mass is 326 g/mol. The fourth-order valence-electron chi connectivity index (χ4n) is 2.07. The van der Waals surface area contributed by atoms with E-state index in [2.05, 4.69) is 28.1 Å². The molecule has 0 radical (unpaired) electrons. The molecule has 0 aliphatic rings. The Morgan fingerprint density at radius 2 is 1.00 bits per heavy atom. The molecule has 2 N–H and O–H groups in total. The predicted octanol–water partition coefficient (Wildman–Crippen LogP) is 3.96. The van der Waals surface area contributed by atoms with Crippen LogP contribution in [0.4, 0.5) is 0 Å². The normalized spacial score (nSPS) is 11.9. The third-order valence-electron chi connectivity index (χ3n) is 3.18.